The second kappa shape index (κ2) is 6.44. The zero-order valence-corrected chi connectivity index (χ0v) is 12.8. The van der Waals surface area contributed by atoms with Gasteiger partial charge in [-0.25, -0.2) is 0 Å². The maximum absolute atomic E-state index is 12.5. The Bertz CT molecular complexity index is 619. The summed E-state index contributed by atoms with van der Waals surface area (Å²) in [5.74, 6) is 0.0209. The molecule has 0 aliphatic heterocycles. The molecule has 1 unspecified atom stereocenters. The number of anilines is 1. The molecule has 0 spiro atoms. The summed E-state index contributed by atoms with van der Waals surface area (Å²) in [7, 11) is 1.82. The first-order valence-electron chi connectivity index (χ1n) is 7.24. The van der Waals surface area contributed by atoms with Gasteiger partial charge in [0.2, 0.25) is 0 Å². The van der Waals surface area contributed by atoms with Crippen LogP contribution in [0.1, 0.15) is 41.4 Å². The number of aryl methyl sites for hydroxylation is 1. The molecular formula is C18H22N2O. The predicted octanol–water partition coefficient (Wildman–Crippen LogP) is 3.66. The number of nitrogen functional groups attached to an aromatic ring is 1. The fraction of sp³-hybridized carbons (Fsp3) is 0.278. The molecular weight excluding hydrogens is 260 g/mol. The lowest BCUT2D eigenvalue weighted by Gasteiger charge is -2.25. The van der Waals surface area contributed by atoms with E-state index in [1.54, 1.807) is 4.90 Å². The van der Waals surface area contributed by atoms with Crippen molar-refractivity contribution < 1.29 is 4.79 Å². The van der Waals surface area contributed by atoms with Crippen LogP contribution in [0.15, 0.2) is 48.5 Å². The Labute approximate surface area is 126 Å². The smallest absolute Gasteiger partial charge is 0.254 e. The number of amides is 1. The predicted molar refractivity (Wildman–Crippen MR) is 87.2 cm³/mol. The Morgan fingerprint density at radius 3 is 2.43 bits per heavy atom. The average Bonchev–Trinajstić information content (AvgIpc) is 2.53. The molecule has 0 fully saturated rings. The molecule has 0 aliphatic rings. The highest BCUT2D eigenvalue weighted by Gasteiger charge is 2.18. The van der Waals surface area contributed by atoms with Crippen molar-refractivity contribution >= 4 is 11.6 Å². The van der Waals surface area contributed by atoms with Crippen molar-refractivity contribution in [3.05, 3.63) is 65.2 Å². The van der Waals surface area contributed by atoms with E-state index >= 15 is 0 Å². The third-order valence-corrected chi connectivity index (χ3v) is 3.90. The van der Waals surface area contributed by atoms with Crippen LogP contribution in [0, 0.1) is 0 Å². The first-order valence-corrected chi connectivity index (χ1v) is 7.24. The molecule has 0 saturated carbocycles. The van der Waals surface area contributed by atoms with Crippen molar-refractivity contribution in [2.75, 3.05) is 12.8 Å². The minimum absolute atomic E-state index is 0.0209. The first kappa shape index (κ1) is 15.1. The van der Waals surface area contributed by atoms with Gasteiger partial charge in [-0.1, -0.05) is 31.2 Å². The molecule has 2 aromatic rings. The average molecular weight is 282 g/mol. The van der Waals surface area contributed by atoms with Gasteiger partial charge in [0.15, 0.2) is 0 Å². The van der Waals surface area contributed by atoms with Gasteiger partial charge < -0.3 is 10.6 Å². The SMILES string of the molecule is CCc1ccc(C(=O)N(C)C(C)c2cccc(N)c2)cc1. The topological polar surface area (TPSA) is 46.3 Å². The summed E-state index contributed by atoms with van der Waals surface area (Å²) in [6.07, 6.45) is 0.976. The van der Waals surface area contributed by atoms with Crippen molar-refractivity contribution in [3.63, 3.8) is 0 Å². The van der Waals surface area contributed by atoms with Crippen molar-refractivity contribution in [1.82, 2.24) is 4.90 Å². The van der Waals surface area contributed by atoms with Crippen LogP contribution in [0.25, 0.3) is 0 Å². The van der Waals surface area contributed by atoms with Crippen LogP contribution in [-0.2, 0) is 6.42 Å². The van der Waals surface area contributed by atoms with E-state index in [9.17, 15) is 4.79 Å². The highest BCUT2D eigenvalue weighted by molar-refractivity contribution is 5.94. The molecule has 0 radical (unpaired) electrons. The Balaban J connectivity index is 2.17. The minimum atomic E-state index is -0.0214. The quantitative estimate of drug-likeness (QED) is 0.870. The molecule has 3 heteroatoms. The molecule has 1 amide bonds. The molecule has 21 heavy (non-hydrogen) atoms. The van der Waals surface area contributed by atoms with Gasteiger partial charge in [-0.15, -0.1) is 0 Å². The summed E-state index contributed by atoms with van der Waals surface area (Å²) in [6.45, 7) is 4.11. The normalized spacial score (nSPS) is 12.0. The summed E-state index contributed by atoms with van der Waals surface area (Å²) < 4.78 is 0. The fourth-order valence-corrected chi connectivity index (χ4v) is 2.31. The van der Waals surface area contributed by atoms with E-state index in [0.717, 1.165) is 12.0 Å². The van der Waals surface area contributed by atoms with E-state index in [2.05, 4.69) is 6.92 Å². The van der Waals surface area contributed by atoms with Crippen molar-refractivity contribution in [2.24, 2.45) is 0 Å². The highest BCUT2D eigenvalue weighted by Crippen LogP contribution is 2.22. The van der Waals surface area contributed by atoms with Gasteiger partial charge in [-0.05, 0) is 48.7 Å². The second-order valence-electron chi connectivity index (χ2n) is 5.31. The standard InChI is InChI=1S/C18H22N2O/c1-4-14-8-10-15(11-9-14)18(21)20(3)13(2)16-6-5-7-17(19)12-16/h5-13H,4,19H2,1-3H3. The number of carbonyl (C=O) groups excluding carboxylic acids is 1. The third kappa shape index (κ3) is 3.43. The highest BCUT2D eigenvalue weighted by atomic mass is 16.2. The van der Waals surface area contributed by atoms with Crippen molar-refractivity contribution in [3.8, 4) is 0 Å². The number of nitrogens with two attached hydrogens (primary N) is 1. The number of hydrogen-bond donors (Lipinski definition) is 1. The Morgan fingerprint density at radius 2 is 1.86 bits per heavy atom. The van der Waals surface area contributed by atoms with Crippen LogP contribution in [0.2, 0.25) is 0 Å². The molecule has 0 saturated heterocycles. The van der Waals surface area contributed by atoms with Gasteiger partial charge in [0, 0.05) is 18.3 Å². The number of rotatable bonds is 4. The Morgan fingerprint density at radius 1 is 1.19 bits per heavy atom. The largest absolute Gasteiger partial charge is 0.399 e. The molecule has 2 aromatic carbocycles. The monoisotopic (exact) mass is 282 g/mol. The van der Waals surface area contributed by atoms with E-state index in [4.69, 9.17) is 5.73 Å². The number of hydrogen-bond acceptors (Lipinski definition) is 2. The molecule has 110 valence electrons. The zero-order valence-electron chi connectivity index (χ0n) is 12.8. The first-order chi connectivity index (χ1) is 10.0. The molecule has 3 nitrogen and oxygen atoms in total. The van der Waals surface area contributed by atoms with E-state index in [-0.39, 0.29) is 11.9 Å². The Kier molecular flexibility index (Phi) is 4.63. The van der Waals surface area contributed by atoms with Crippen LogP contribution >= 0.6 is 0 Å². The molecule has 0 heterocycles. The molecule has 0 aromatic heterocycles. The summed E-state index contributed by atoms with van der Waals surface area (Å²) >= 11 is 0. The lowest BCUT2D eigenvalue weighted by Crippen LogP contribution is -2.29. The lowest BCUT2D eigenvalue weighted by molar-refractivity contribution is 0.0742. The summed E-state index contributed by atoms with van der Waals surface area (Å²) in [4.78, 5) is 14.3. The Hall–Kier alpha value is -2.29. The van der Waals surface area contributed by atoms with E-state index in [1.165, 1.54) is 5.56 Å². The second-order valence-corrected chi connectivity index (χ2v) is 5.31. The van der Waals surface area contributed by atoms with Crippen LogP contribution in [0.5, 0.6) is 0 Å². The van der Waals surface area contributed by atoms with E-state index < -0.39 is 0 Å². The molecule has 2 N–H and O–H groups in total. The molecule has 0 aliphatic carbocycles. The van der Waals surface area contributed by atoms with Crippen LogP contribution in [-0.4, -0.2) is 17.9 Å². The third-order valence-electron chi connectivity index (χ3n) is 3.90. The molecule has 1 atom stereocenters. The molecule has 0 bridgehead atoms. The van der Waals surface area contributed by atoms with E-state index in [1.807, 2.05) is 62.5 Å². The number of benzene rings is 2. The molecule has 2 rings (SSSR count). The van der Waals surface area contributed by atoms with Gasteiger partial charge in [0.1, 0.15) is 0 Å². The van der Waals surface area contributed by atoms with E-state index in [0.29, 0.717) is 11.3 Å². The lowest BCUT2D eigenvalue weighted by atomic mass is 10.0. The maximum Gasteiger partial charge on any atom is 0.254 e. The van der Waals surface area contributed by atoms with Crippen molar-refractivity contribution in [1.29, 1.82) is 0 Å². The van der Waals surface area contributed by atoms with Gasteiger partial charge in [-0.3, -0.25) is 4.79 Å². The van der Waals surface area contributed by atoms with Gasteiger partial charge in [0.25, 0.3) is 5.91 Å². The van der Waals surface area contributed by atoms with Gasteiger partial charge in [0.05, 0.1) is 6.04 Å². The van der Waals surface area contributed by atoms with Crippen LogP contribution < -0.4 is 5.73 Å². The summed E-state index contributed by atoms with van der Waals surface area (Å²) in [6, 6.07) is 15.4. The van der Waals surface area contributed by atoms with Crippen molar-refractivity contribution in [2.45, 2.75) is 26.3 Å². The maximum atomic E-state index is 12.5. The zero-order chi connectivity index (χ0) is 15.4. The number of nitrogens with zero attached hydrogens (tertiary/aromatic N) is 1. The summed E-state index contributed by atoms with van der Waals surface area (Å²) in [5.41, 5.74) is 9.51. The minimum Gasteiger partial charge on any atom is -0.399 e. The van der Waals surface area contributed by atoms with Crippen LogP contribution in [0.4, 0.5) is 5.69 Å². The van der Waals surface area contributed by atoms with Crippen LogP contribution in [0.3, 0.4) is 0 Å². The number of carbonyl (C=O) groups is 1. The van der Waals surface area contributed by atoms with Gasteiger partial charge >= 0.3 is 0 Å². The van der Waals surface area contributed by atoms with Gasteiger partial charge in [-0.2, -0.15) is 0 Å². The fourth-order valence-electron chi connectivity index (χ4n) is 2.31. The summed E-state index contributed by atoms with van der Waals surface area (Å²) in [5, 5.41) is 0.